The van der Waals surface area contributed by atoms with Crippen LogP contribution in [-0.4, -0.2) is 0 Å². The topological polar surface area (TPSA) is 3.88 Å². The lowest BCUT2D eigenvalue weighted by Crippen LogP contribution is -2.31. The molecular weight excluding hydrogens is 302 g/mol. The van der Waals surface area contributed by atoms with E-state index in [0.717, 1.165) is 22.4 Å². The number of aromatic nitrogens is 1. The molecule has 1 heterocycles. The van der Waals surface area contributed by atoms with Crippen LogP contribution in [0.4, 0.5) is 0 Å². The van der Waals surface area contributed by atoms with Gasteiger partial charge in [0.2, 0.25) is 5.69 Å². The van der Waals surface area contributed by atoms with Gasteiger partial charge in [0, 0.05) is 21.3 Å². The summed E-state index contributed by atoms with van der Waals surface area (Å²) < 4.78 is 65.7. The van der Waals surface area contributed by atoms with E-state index >= 15 is 0 Å². The predicted octanol–water partition coefficient (Wildman–Crippen LogP) is 5.76. The van der Waals surface area contributed by atoms with Crippen molar-refractivity contribution in [3.63, 3.8) is 0 Å². The molecule has 0 bridgehead atoms. The van der Waals surface area contributed by atoms with Crippen LogP contribution in [0.15, 0.2) is 60.7 Å². The van der Waals surface area contributed by atoms with E-state index in [1.807, 2.05) is 39.8 Å². The van der Waals surface area contributed by atoms with E-state index < -0.39 is 18.3 Å². The fourth-order valence-electron chi connectivity index (χ4n) is 3.08. The molecule has 1 heteroatoms. The summed E-state index contributed by atoms with van der Waals surface area (Å²) in [5, 5.41) is 0. The first-order valence-corrected chi connectivity index (χ1v) is 8.28. The Labute approximate surface area is 163 Å². The van der Waals surface area contributed by atoms with Crippen molar-refractivity contribution in [1.82, 2.24) is 0 Å². The van der Waals surface area contributed by atoms with Gasteiger partial charge < -0.3 is 0 Å². The van der Waals surface area contributed by atoms with Crippen molar-refractivity contribution >= 4 is 0 Å². The molecular formula is C24H28N+. The molecule has 25 heavy (non-hydrogen) atoms. The second-order valence-corrected chi connectivity index (χ2v) is 7.38. The number of hydrogen-bond acceptors (Lipinski definition) is 0. The zero-order chi connectivity index (χ0) is 25.0. The van der Waals surface area contributed by atoms with E-state index in [9.17, 15) is 0 Å². The molecule has 1 aromatic heterocycles. The van der Waals surface area contributed by atoms with Gasteiger partial charge in [0.15, 0.2) is 6.20 Å². The van der Waals surface area contributed by atoms with Crippen molar-refractivity contribution in [2.24, 2.45) is 7.05 Å². The summed E-state index contributed by atoms with van der Waals surface area (Å²) in [5.74, 6) is 0. The number of rotatable bonds is 2. The summed E-state index contributed by atoms with van der Waals surface area (Å²) in [5.41, 5.74) is 4.03. The molecule has 2 aromatic carbocycles. The minimum Gasteiger partial charge on any atom is -0.201 e. The normalized spacial score (nSPS) is 16.7. The average Bonchev–Trinajstić information content (AvgIpc) is 2.70. The van der Waals surface area contributed by atoms with Crippen LogP contribution in [0.1, 0.15) is 48.4 Å². The van der Waals surface area contributed by atoms with Crippen LogP contribution in [0.25, 0.3) is 22.4 Å². The molecule has 1 nitrogen and oxygen atoms in total. The third-order valence-corrected chi connectivity index (χ3v) is 4.35. The Morgan fingerprint density at radius 2 is 1.72 bits per heavy atom. The Bertz CT molecular complexity index is 1220. The van der Waals surface area contributed by atoms with Crippen LogP contribution in [0.2, 0.25) is 0 Å². The smallest absolute Gasteiger partial charge is 0.201 e. The van der Waals surface area contributed by atoms with Crippen molar-refractivity contribution in [1.29, 1.82) is 0 Å². The number of aryl methyl sites for hydroxylation is 3. The van der Waals surface area contributed by atoms with Crippen molar-refractivity contribution in [3.05, 3.63) is 77.4 Å². The molecule has 0 radical (unpaired) electrons. The Balaban J connectivity index is 2.35. The lowest BCUT2D eigenvalue weighted by molar-refractivity contribution is -0.660. The molecule has 0 saturated carbocycles. The van der Waals surface area contributed by atoms with Crippen LogP contribution >= 0.6 is 0 Å². The highest BCUT2D eigenvalue weighted by Crippen LogP contribution is 2.37. The van der Waals surface area contributed by atoms with Gasteiger partial charge in [-0.2, -0.15) is 0 Å². The van der Waals surface area contributed by atoms with Gasteiger partial charge in [0.25, 0.3) is 0 Å². The monoisotopic (exact) mass is 338 g/mol. The molecule has 3 aromatic rings. The first kappa shape index (κ1) is 9.91. The summed E-state index contributed by atoms with van der Waals surface area (Å²) in [7, 11) is 1.80. The van der Waals surface area contributed by atoms with Crippen LogP contribution in [0.5, 0.6) is 0 Å². The van der Waals surface area contributed by atoms with Crippen LogP contribution in [0, 0.1) is 13.8 Å². The van der Waals surface area contributed by atoms with E-state index in [1.165, 1.54) is 0 Å². The molecule has 0 atom stereocenters. The minimum atomic E-state index is -2.20. The van der Waals surface area contributed by atoms with Crippen molar-refractivity contribution in [2.45, 2.75) is 40.0 Å². The van der Waals surface area contributed by atoms with Gasteiger partial charge in [-0.15, -0.1) is 0 Å². The van der Waals surface area contributed by atoms with E-state index in [-0.39, 0.29) is 35.3 Å². The highest BCUT2D eigenvalue weighted by Gasteiger charge is 2.23. The molecule has 3 rings (SSSR count). The Hall–Kier alpha value is -2.41. The lowest BCUT2D eigenvalue weighted by atomic mass is 9.79. The molecule has 0 spiro atoms. The Morgan fingerprint density at radius 3 is 2.32 bits per heavy atom. The molecule has 0 N–H and O–H groups in total. The van der Waals surface area contributed by atoms with Gasteiger partial charge in [-0.05, 0) is 53.6 Å². The number of hydrogen-bond donors (Lipinski definition) is 0. The molecule has 0 unspecified atom stereocenters. The predicted molar refractivity (Wildman–Crippen MR) is 107 cm³/mol. The van der Waals surface area contributed by atoms with Crippen LogP contribution < -0.4 is 4.57 Å². The van der Waals surface area contributed by atoms with Crippen LogP contribution in [-0.2, 0) is 12.5 Å². The van der Waals surface area contributed by atoms with E-state index in [0.29, 0.717) is 5.56 Å². The number of benzene rings is 2. The summed E-state index contributed by atoms with van der Waals surface area (Å²) in [4.78, 5) is 0. The first-order valence-electron chi connectivity index (χ1n) is 12.3. The summed E-state index contributed by atoms with van der Waals surface area (Å²) >= 11 is 0. The van der Waals surface area contributed by atoms with Gasteiger partial charge in [-0.3, -0.25) is 0 Å². The summed E-state index contributed by atoms with van der Waals surface area (Å²) in [6.45, 7) is 5.74. The Morgan fingerprint density at radius 1 is 1.00 bits per heavy atom. The minimum absolute atomic E-state index is 0.183. The zero-order valence-corrected chi connectivity index (χ0v) is 15.3. The van der Waals surface area contributed by atoms with Gasteiger partial charge >= 0.3 is 0 Å². The molecule has 128 valence electrons. The fourth-order valence-corrected chi connectivity index (χ4v) is 3.08. The number of pyridine rings is 1. The van der Waals surface area contributed by atoms with Gasteiger partial charge in [-0.1, -0.05) is 57.0 Å². The second-order valence-electron chi connectivity index (χ2n) is 7.38. The largest absolute Gasteiger partial charge is 0.212 e. The van der Waals surface area contributed by atoms with Crippen molar-refractivity contribution in [2.75, 3.05) is 0 Å². The standard InChI is InChI=1S/C24H28N/c1-17-12-13-23(25(6)16-17)20-15-22(24(3,4)5)21(14-18(20)2)19-10-8-7-9-11-19/h7-16H,1-6H3/q+1/i1D3,7D,8D,9D,10D,11D. The number of nitrogens with zero attached hydrogens (tertiary/aromatic N) is 1. The maximum atomic E-state index is 8.45. The fraction of sp³-hybridized carbons (Fsp3) is 0.292. The lowest BCUT2D eigenvalue weighted by Gasteiger charge is -2.25. The highest BCUT2D eigenvalue weighted by atomic mass is 14.9. The second kappa shape index (κ2) is 6.48. The third kappa shape index (κ3) is 3.51. The van der Waals surface area contributed by atoms with Gasteiger partial charge in [0.05, 0.1) is 6.85 Å². The van der Waals surface area contributed by atoms with Crippen molar-refractivity contribution < 1.29 is 15.5 Å². The maximum absolute atomic E-state index is 8.45. The first-order chi connectivity index (χ1) is 15.1. The molecule has 0 aliphatic heterocycles. The summed E-state index contributed by atoms with van der Waals surface area (Å²) in [6.07, 6.45) is 1.60. The van der Waals surface area contributed by atoms with E-state index in [1.54, 1.807) is 29.9 Å². The molecule has 0 aliphatic carbocycles. The molecule has 0 saturated heterocycles. The quantitative estimate of drug-likeness (QED) is 0.523. The Kier molecular flexibility index (Phi) is 2.57. The van der Waals surface area contributed by atoms with Gasteiger partial charge in [0.1, 0.15) is 7.05 Å². The molecule has 0 fully saturated rings. The van der Waals surface area contributed by atoms with E-state index in [2.05, 4.69) is 0 Å². The highest BCUT2D eigenvalue weighted by molar-refractivity contribution is 5.75. The molecule has 0 amide bonds. The zero-order valence-electron chi connectivity index (χ0n) is 23.3. The van der Waals surface area contributed by atoms with Crippen LogP contribution in [0.3, 0.4) is 0 Å². The SMILES string of the molecule is [2H]c1c([2H])c([2H])c(-c2cc(C)c(-c3ccc(C([2H])([2H])[2H])c[n+]3C)cc2C(C)(C)C)c([2H])c1[2H]. The van der Waals surface area contributed by atoms with E-state index in [4.69, 9.17) is 11.0 Å². The maximum Gasteiger partial charge on any atom is 0.212 e. The summed E-state index contributed by atoms with van der Waals surface area (Å²) in [6, 6.07) is 5.62. The van der Waals surface area contributed by atoms with Crippen molar-refractivity contribution in [3.8, 4) is 22.4 Å². The third-order valence-electron chi connectivity index (χ3n) is 4.35. The average molecular weight is 339 g/mol. The van der Waals surface area contributed by atoms with Gasteiger partial charge in [-0.25, -0.2) is 4.57 Å². The molecule has 0 aliphatic rings.